The minimum atomic E-state index is -0.973. The lowest BCUT2D eigenvalue weighted by atomic mass is 9.76. The number of carboxylic acids is 1. The quantitative estimate of drug-likeness (QED) is 0.874. The highest BCUT2D eigenvalue weighted by atomic mass is 16.5. The maximum absolute atomic E-state index is 13.1. The van der Waals surface area contributed by atoms with Crippen LogP contribution in [0.3, 0.4) is 0 Å². The molecule has 1 unspecified atom stereocenters. The zero-order valence-corrected chi connectivity index (χ0v) is 16.0. The Morgan fingerprint density at radius 2 is 1.89 bits per heavy atom. The lowest BCUT2D eigenvalue weighted by Crippen LogP contribution is -2.44. The zero-order valence-electron chi connectivity index (χ0n) is 16.0. The maximum atomic E-state index is 13.1. The van der Waals surface area contributed by atoms with E-state index in [1.165, 1.54) is 4.90 Å². The molecular weight excluding hydrogens is 348 g/mol. The molecule has 1 aromatic carbocycles. The van der Waals surface area contributed by atoms with Crippen LogP contribution in [0.25, 0.3) is 0 Å². The highest BCUT2D eigenvalue weighted by molar-refractivity contribution is 5.97. The molecule has 7 heteroatoms. The van der Waals surface area contributed by atoms with Gasteiger partial charge >= 0.3 is 5.97 Å². The van der Waals surface area contributed by atoms with Crippen molar-refractivity contribution >= 4 is 17.8 Å². The molecule has 0 saturated carbocycles. The monoisotopic (exact) mass is 374 g/mol. The summed E-state index contributed by atoms with van der Waals surface area (Å²) in [5.74, 6) is -0.506. The Labute approximate surface area is 158 Å². The predicted molar refractivity (Wildman–Crippen MR) is 98.7 cm³/mol. The molecule has 7 nitrogen and oxygen atoms in total. The summed E-state index contributed by atoms with van der Waals surface area (Å²) in [4.78, 5) is 39.8. The molecule has 1 atom stereocenters. The number of hydrogen-bond acceptors (Lipinski definition) is 4. The normalized spacial score (nSPS) is 21.4. The van der Waals surface area contributed by atoms with Crippen LogP contribution in [-0.4, -0.2) is 65.5 Å². The molecule has 1 N–H and O–H groups in total. The van der Waals surface area contributed by atoms with Gasteiger partial charge in [-0.3, -0.25) is 9.59 Å². The first kappa shape index (κ1) is 19.2. The van der Waals surface area contributed by atoms with Crippen molar-refractivity contribution in [1.29, 1.82) is 0 Å². The number of carbonyl (C=O) groups excluding carboxylic acids is 2. The Balaban J connectivity index is 1.81. The summed E-state index contributed by atoms with van der Waals surface area (Å²) in [6, 6.07) is 4.32. The molecule has 3 rings (SSSR count). The van der Waals surface area contributed by atoms with Crippen LogP contribution in [0.5, 0.6) is 5.75 Å². The van der Waals surface area contributed by atoms with E-state index in [4.69, 9.17) is 4.74 Å². The summed E-state index contributed by atoms with van der Waals surface area (Å²) >= 11 is 0. The summed E-state index contributed by atoms with van der Waals surface area (Å²) in [6.45, 7) is 5.05. The summed E-state index contributed by atoms with van der Waals surface area (Å²) < 4.78 is 5.23. The lowest BCUT2D eigenvalue weighted by Gasteiger charge is -2.38. The van der Waals surface area contributed by atoms with Crippen LogP contribution < -0.4 is 4.74 Å². The third-order valence-corrected chi connectivity index (χ3v) is 5.97. The first-order chi connectivity index (χ1) is 12.8. The molecule has 2 aliphatic rings. The lowest BCUT2D eigenvalue weighted by molar-refractivity contribution is -0.141. The molecule has 27 heavy (non-hydrogen) atoms. The Morgan fingerprint density at radius 3 is 2.41 bits per heavy atom. The van der Waals surface area contributed by atoms with Crippen molar-refractivity contribution in [3.63, 3.8) is 0 Å². The molecule has 0 bridgehead atoms. The number of hydrogen-bond donors (Lipinski definition) is 1. The van der Waals surface area contributed by atoms with Crippen LogP contribution in [0.2, 0.25) is 0 Å². The molecule has 1 aromatic rings. The number of amides is 2. The number of aliphatic carboxylic acids is 1. The molecule has 146 valence electrons. The molecule has 2 amide bonds. The van der Waals surface area contributed by atoms with Gasteiger partial charge in [-0.1, -0.05) is 0 Å². The average Bonchev–Trinajstić information content (AvgIpc) is 3.01. The van der Waals surface area contributed by atoms with Crippen molar-refractivity contribution in [2.75, 3.05) is 26.7 Å². The summed E-state index contributed by atoms with van der Waals surface area (Å²) in [7, 11) is 1.57. The summed E-state index contributed by atoms with van der Waals surface area (Å²) in [6.07, 6.45) is 1.89. The van der Waals surface area contributed by atoms with E-state index in [-0.39, 0.29) is 17.2 Å². The smallest absolute Gasteiger partial charge is 0.326 e. The summed E-state index contributed by atoms with van der Waals surface area (Å²) in [5.41, 5.74) is 1.07. The number of aryl methyl sites for hydroxylation is 1. The minimum Gasteiger partial charge on any atom is -0.496 e. The van der Waals surface area contributed by atoms with E-state index >= 15 is 0 Å². The molecule has 0 aromatic heterocycles. The van der Waals surface area contributed by atoms with E-state index in [0.29, 0.717) is 37.4 Å². The van der Waals surface area contributed by atoms with E-state index in [2.05, 4.69) is 0 Å². The van der Waals surface area contributed by atoms with Crippen molar-refractivity contribution in [2.24, 2.45) is 5.41 Å². The van der Waals surface area contributed by atoms with Crippen LogP contribution in [0.4, 0.5) is 0 Å². The van der Waals surface area contributed by atoms with Gasteiger partial charge in [0.1, 0.15) is 11.8 Å². The standard InChI is InChI=1S/C20H26N2O5/c1-13-10-15(4-5-17(13)27-3)18(24)22-12-20(11-16(22)19(25)26)6-8-21(9-7-20)14(2)23/h4-5,10,16H,6-9,11-12H2,1-3H3,(H,25,26). The average molecular weight is 374 g/mol. The molecule has 0 aliphatic carbocycles. The molecular formula is C20H26N2O5. The van der Waals surface area contributed by atoms with Gasteiger partial charge in [-0.2, -0.15) is 0 Å². The molecule has 2 saturated heterocycles. The van der Waals surface area contributed by atoms with Crippen molar-refractivity contribution in [1.82, 2.24) is 9.80 Å². The molecule has 0 radical (unpaired) electrons. The number of methoxy groups -OCH3 is 1. The van der Waals surface area contributed by atoms with Gasteiger partial charge in [-0.05, 0) is 55.4 Å². The number of piperidine rings is 1. The van der Waals surface area contributed by atoms with E-state index < -0.39 is 12.0 Å². The van der Waals surface area contributed by atoms with Gasteiger partial charge in [0.25, 0.3) is 5.91 Å². The van der Waals surface area contributed by atoms with Gasteiger partial charge < -0.3 is 19.6 Å². The number of carboxylic acid groups (broad SMARTS) is 1. The summed E-state index contributed by atoms with van der Waals surface area (Å²) in [5, 5.41) is 9.69. The van der Waals surface area contributed by atoms with E-state index in [1.807, 2.05) is 6.92 Å². The van der Waals surface area contributed by atoms with Gasteiger partial charge in [-0.15, -0.1) is 0 Å². The van der Waals surface area contributed by atoms with E-state index in [9.17, 15) is 19.5 Å². The van der Waals surface area contributed by atoms with E-state index in [0.717, 1.165) is 18.4 Å². The van der Waals surface area contributed by atoms with Crippen molar-refractivity contribution in [3.05, 3.63) is 29.3 Å². The SMILES string of the molecule is COc1ccc(C(=O)N2CC3(CCN(C(C)=O)CC3)CC2C(=O)O)cc1C. The Kier molecular flexibility index (Phi) is 5.13. The minimum absolute atomic E-state index is 0.0410. The number of carbonyl (C=O) groups is 3. The first-order valence-electron chi connectivity index (χ1n) is 9.20. The number of benzene rings is 1. The van der Waals surface area contributed by atoms with Crippen LogP contribution in [0, 0.1) is 12.3 Å². The molecule has 2 aliphatic heterocycles. The largest absolute Gasteiger partial charge is 0.496 e. The van der Waals surface area contributed by atoms with Gasteiger partial charge in [-0.25, -0.2) is 4.79 Å². The molecule has 1 spiro atoms. The second-order valence-corrected chi connectivity index (χ2v) is 7.68. The number of nitrogens with zero attached hydrogens (tertiary/aromatic N) is 2. The van der Waals surface area contributed by atoms with Gasteiger partial charge in [0.15, 0.2) is 0 Å². The number of rotatable bonds is 3. The van der Waals surface area contributed by atoms with Gasteiger partial charge in [0.05, 0.1) is 7.11 Å². The molecule has 2 fully saturated rings. The Morgan fingerprint density at radius 1 is 1.22 bits per heavy atom. The Hall–Kier alpha value is -2.57. The van der Waals surface area contributed by atoms with Crippen LogP contribution in [0.15, 0.2) is 18.2 Å². The highest BCUT2D eigenvalue weighted by Crippen LogP contribution is 2.44. The van der Waals surface area contributed by atoms with Crippen molar-refractivity contribution in [3.8, 4) is 5.75 Å². The fourth-order valence-electron chi connectivity index (χ4n) is 4.33. The fraction of sp³-hybridized carbons (Fsp3) is 0.550. The number of ether oxygens (including phenoxy) is 1. The van der Waals surface area contributed by atoms with Gasteiger partial charge in [0, 0.05) is 32.1 Å². The fourth-order valence-corrected chi connectivity index (χ4v) is 4.33. The second-order valence-electron chi connectivity index (χ2n) is 7.68. The second kappa shape index (κ2) is 7.21. The van der Waals surface area contributed by atoms with Crippen LogP contribution in [-0.2, 0) is 9.59 Å². The van der Waals surface area contributed by atoms with Crippen molar-refractivity contribution < 1.29 is 24.2 Å². The number of likely N-dealkylation sites (tertiary alicyclic amines) is 2. The molecule has 2 heterocycles. The first-order valence-corrected chi connectivity index (χ1v) is 9.20. The topological polar surface area (TPSA) is 87.2 Å². The predicted octanol–water partition coefficient (Wildman–Crippen LogP) is 1.93. The third-order valence-electron chi connectivity index (χ3n) is 5.97. The Bertz CT molecular complexity index is 768. The third kappa shape index (κ3) is 3.63. The highest BCUT2D eigenvalue weighted by Gasteiger charge is 2.50. The maximum Gasteiger partial charge on any atom is 0.326 e. The van der Waals surface area contributed by atoms with Gasteiger partial charge in [0.2, 0.25) is 5.91 Å². The van der Waals surface area contributed by atoms with E-state index in [1.54, 1.807) is 37.1 Å². The van der Waals surface area contributed by atoms with Crippen molar-refractivity contribution in [2.45, 2.75) is 39.2 Å². The van der Waals surface area contributed by atoms with Crippen LogP contribution in [0.1, 0.15) is 42.1 Å². The zero-order chi connectivity index (χ0) is 19.8. The van der Waals surface area contributed by atoms with Crippen LogP contribution >= 0.6 is 0 Å².